The van der Waals surface area contributed by atoms with Gasteiger partial charge in [-0.05, 0) is 0 Å². The number of amides is 2. The second-order valence-corrected chi connectivity index (χ2v) is 3.79. The van der Waals surface area contributed by atoms with Gasteiger partial charge in [0, 0.05) is 45.6 Å². The van der Waals surface area contributed by atoms with Gasteiger partial charge in [0.2, 0.25) is 11.8 Å². The summed E-state index contributed by atoms with van der Waals surface area (Å²) < 4.78 is 0. The monoisotopic (exact) mass is 213 g/mol. The number of piperazine rings is 1. The van der Waals surface area contributed by atoms with Crippen molar-refractivity contribution < 1.29 is 9.59 Å². The molecule has 1 heterocycles. The molecule has 0 aromatic carbocycles. The minimum Gasteiger partial charge on any atom is -0.370 e. The molecule has 5 heteroatoms. The van der Waals surface area contributed by atoms with E-state index < -0.39 is 0 Å². The molecule has 0 aromatic heterocycles. The molecule has 2 amide bonds. The Bertz CT molecular complexity index is 235. The SMILES string of the molecule is CCC(=O)N1CCN(CCC(N)=O)CC1. The molecule has 0 spiro atoms. The molecule has 1 fully saturated rings. The number of nitrogens with two attached hydrogens (primary N) is 1. The highest BCUT2D eigenvalue weighted by Gasteiger charge is 2.19. The first-order valence-electron chi connectivity index (χ1n) is 5.42. The Morgan fingerprint density at radius 3 is 2.27 bits per heavy atom. The van der Waals surface area contributed by atoms with Gasteiger partial charge in [0.15, 0.2) is 0 Å². The van der Waals surface area contributed by atoms with E-state index in [1.807, 2.05) is 11.8 Å². The molecule has 0 bridgehead atoms. The van der Waals surface area contributed by atoms with E-state index in [4.69, 9.17) is 5.73 Å². The van der Waals surface area contributed by atoms with Crippen LogP contribution < -0.4 is 5.73 Å². The van der Waals surface area contributed by atoms with Gasteiger partial charge in [-0.1, -0.05) is 6.92 Å². The van der Waals surface area contributed by atoms with Gasteiger partial charge < -0.3 is 10.6 Å². The quantitative estimate of drug-likeness (QED) is 0.679. The molecular weight excluding hydrogens is 194 g/mol. The van der Waals surface area contributed by atoms with Crippen LogP contribution >= 0.6 is 0 Å². The van der Waals surface area contributed by atoms with Crippen molar-refractivity contribution in [2.45, 2.75) is 19.8 Å². The lowest BCUT2D eigenvalue weighted by atomic mass is 10.2. The Morgan fingerprint density at radius 2 is 1.80 bits per heavy atom. The molecule has 1 saturated heterocycles. The standard InChI is InChI=1S/C10H19N3O2/c1-2-10(15)13-7-5-12(6-8-13)4-3-9(11)14/h2-8H2,1H3,(H2,11,14). The molecule has 5 nitrogen and oxygen atoms in total. The minimum atomic E-state index is -0.262. The summed E-state index contributed by atoms with van der Waals surface area (Å²) in [6.45, 7) is 5.82. The predicted octanol–water partition coefficient (Wildman–Crippen LogP) is -0.584. The van der Waals surface area contributed by atoms with Crippen molar-refractivity contribution in [2.75, 3.05) is 32.7 Å². The molecule has 0 radical (unpaired) electrons. The Hall–Kier alpha value is -1.10. The normalized spacial score (nSPS) is 17.8. The Morgan fingerprint density at radius 1 is 1.20 bits per heavy atom. The van der Waals surface area contributed by atoms with Crippen LogP contribution in [-0.2, 0) is 9.59 Å². The topological polar surface area (TPSA) is 66.6 Å². The van der Waals surface area contributed by atoms with Crippen molar-refractivity contribution >= 4 is 11.8 Å². The van der Waals surface area contributed by atoms with E-state index in [0.717, 1.165) is 26.2 Å². The lowest BCUT2D eigenvalue weighted by Gasteiger charge is -2.34. The van der Waals surface area contributed by atoms with Gasteiger partial charge in [0.05, 0.1) is 0 Å². The summed E-state index contributed by atoms with van der Waals surface area (Å²) in [5.41, 5.74) is 5.08. The van der Waals surface area contributed by atoms with Crippen molar-refractivity contribution in [1.29, 1.82) is 0 Å². The molecule has 0 atom stereocenters. The molecular formula is C10H19N3O2. The fourth-order valence-corrected chi connectivity index (χ4v) is 1.71. The van der Waals surface area contributed by atoms with Crippen LogP contribution in [0, 0.1) is 0 Å². The molecule has 1 aliphatic rings. The van der Waals surface area contributed by atoms with Crippen LogP contribution in [-0.4, -0.2) is 54.3 Å². The highest BCUT2D eigenvalue weighted by atomic mass is 16.2. The molecule has 1 rings (SSSR count). The van der Waals surface area contributed by atoms with Gasteiger partial charge in [-0.15, -0.1) is 0 Å². The smallest absolute Gasteiger partial charge is 0.222 e. The summed E-state index contributed by atoms with van der Waals surface area (Å²) in [5.74, 6) is -0.0494. The van der Waals surface area contributed by atoms with E-state index in [2.05, 4.69) is 4.90 Å². The third kappa shape index (κ3) is 3.87. The zero-order chi connectivity index (χ0) is 11.3. The van der Waals surface area contributed by atoms with Gasteiger partial charge >= 0.3 is 0 Å². The summed E-state index contributed by atoms with van der Waals surface area (Å²) in [6.07, 6.45) is 0.975. The van der Waals surface area contributed by atoms with E-state index >= 15 is 0 Å². The van der Waals surface area contributed by atoms with Gasteiger partial charge in [-0.25, -0.2) is 0 Å². The van der Waals surface area contributed by atoms with Crippen molar-refractivity contribution in [3.8, 4) is 0 Å². The lowest BCUT2D eigenvalue weighted by Crippen LogP contribution is -2.49. The van der Waals surface area contributed by atoms with Crippen molar-refractivity contribution in [2.24, 2.45) is 5.73 Å². The summed E-state index contributed by atoms with van der Waals surface area (Å²) in [5, 5.41) is 0. The zero-order valence-corrected chi connectivity index (χ0v) is 9.24. The molecule has 0 saturated carbocycles. The number of carbonyl (C=O) groups is 2. The zero-order valence-electron chi connectivity index (χ0n) is 9.24. The molecule has 0 aromatic rings. The van der Waals surface area contributed by atoms with Crippen LogP contribution in [0.15, 0.2) is 0 Å². The first kappa shape index (κ1) is 12.0. The maximum absolute atomic E-state index is 11.4. The molecule has 15 heavy (non-hydrogen) atoms. The second-order valence-electron chi connectivity index (χ2n) is 3.79. The van der Waals surface area contributed by atoms with E-state index in [1.54, 1.807) is 0 Å². The average Bonchev–Trinajstić information content (AvgIpc) is 2.26. The first-order valence-corrected chi connectivity index (χ1v) is 5.42. The van der Waals surface area contributed by atoms with Gasteiger partial charge in [0.1, 0.15) is 0 Å². The summed E-state index contributed by atoms with van der Waals surface area (Å²) in [4.78, 5) is 26.0. The van der Waals surface area contributed by atoms with Crippen molar-refractivity contribution in [3.63, 3.8) is 0 Å². The van der Waals surface area contributed by atoms with Crippen LogP contribution in [0.1, 0.15) is 19.8 Å². The van der Waals surface area contributed by atoms with Crippen molar-refractivity contribution in [3.05, 3.63) is 0 Å². The lowest BCUT2D eigenvalue weighted by molar-refractivity contribution is -0.132. The number of carbonyl (C=O) groups excluding carboxylic acids is 2. The first-order chi connectivity index (χ1) is 7.13. The molecule has 2 N–H and O–H groups in total. The van der Waals surface area contributed by atoms with E-state index in [9.17, 15) is 9.59 Å². The van der Waals surface area contributed by atoms with Crippen molar-refractivity contribution in [1.82, 2.24) is 9.80 Å². The van der Waals surface area contributed by atoms with Crippen LogP contribution in [0.2, 0.25) is 0 Å². The Kier molecular flexibility index (Phi) is 4.55. The van der Waals surface area contributed by atoms with E-state index in [1.165, 1.54) is 0 Å². The summed E-state index contributed by atoms with van der Waals surface area (Å²) in [7, 11) is 0. The average molecular weight is 213 g/mol. The fourth-order valence-electron chi connectivity index (χ4n) is 1.71. The third-order valence-corrected chi connectivity index (χ3v) is 2.70. The van der Waals surface area contributed by atoms with Crippen LogP contribution in [0.3, 0.4) is 0 Å². The number of hydrogen-bond donors (Lipinski definition) is 1. The van der Waals surface area contributed by atoms with E-state index in [-0.39, 0.29) is 11.8 Å². The highest BCUT2D eigenvalue weighted by Crippen LogP contribution is 2.03. The molecule has 0 aliphatic carbocycles. The van der Waals surface area contributed by atoms with Gasteiger partial charge in [0.25, 0.3) is 0 Å². The number of hydrogen-bond acceptors (Lipinski definition) is 3. The predicted molar refractivity (Wildman–Crippen MR) is 57.1 cm³/mol. The highest BCUT2D eigenvalue weighted by molar-refractivity contribution is 5.76. The fraction of sp³-hybridized carbons (Fsp3) is 0.800. The van der Waals surface area contributed by atoms with Crippen LogP contribution in [0.4, 0.5) is 0 Å². The Balaban J connectivity index is 2.23. The maximum Gasteiger partial charge on any atom is 0.222 e. The summed E-state index contributed by atoms with van der Waals surface area (Å²) in [6, 6.07) is 0. The third-order valence-electron chi connectivity index (χ3n) is 2.70. The molecule has 1 aliphatic heterocycles. The molecule has 86 valence electrons. The second kappa shape index (κ2) is 5.70. The van der Waals surface area contributed by atoms with Gasteiger partial charge in [-0.3, -0.25) is 14.5 Å². The molecule has 0 unspecified atom stereocenters. The minimum absolute atomic E-state index is 0.213. The largest absolute Gasteiger partial charge is 0.370 e. The van der Waals surface area contributed by atoms with Gasteiger partial charge in [-0.2, -0.15) is 0 Å². The Labute approximate surface area is 90.2 Å². The maximum atomic E-state index is 11.4. The van der Waals surface area contributed by atoms with E-state index in [0.29, 0.717) is 19.4 Å². The number of primary amides is 1. The van der Waals surface area contributed by atoms with Crippen LogP contribution in [0.25, 0.3) is 0 Å². The van der Waals surface area contributed by atoms with Crippen LogP contribution in [0.5, 0.6) is 0 Å². The number of rotatable bonds is 4. The summed E-state index contributed by atoms with van der Waals surface area (Å²) >= 11 is 0. The number of nitrogens with zero attached hydrogens (tertiary/aromatic N) is 2.